The predicted octanol–water partition coefficient (Wildman–Crippen LogP) is 4.34. The Morgan fingerprint density at radius 2 is 1.93 bits per heavy atom. The van der Waals surface area contributed by atoms with E-state index in [0.717, 1.165) is 39.3 Å². The molecule has 0 spiro atoms. The predicted molar refractivity (Wildman–Crippen MR) is 101 cm³/mol. The number of aromatic nitrogens is 4. The van der Waals surface area contributed by atoms with Gasteiger partial charge in [0.2, 0.25) is 5.89 Å². The van der Waals surface area contributed by atoms with Crippen LogP contribution in [0.5, 0.6) is 5.75 Å². The van der Waals surface area contributed by atoms with Crippen LogP contribution < -0.4 is 4.74 Å². The van der Waals surface area contributed by atoms with E-state index in [1.807, 2.05) is 48.9 Å². The summed E-state index contributed by atoms with van der Waals surface area (Å²) in [5, 5.41) is 9.36. The van der Waals surface area contributed by atoms with Gasteiger partial charge in [-0.2, -0.15) is 0 Å². The molecule has 0 atom stereocenters. The lowest BCUT2D eigenvalue weighted by Gasteiger charge is -2.02. The normalized spacial score (nSPS) is 11.1. The van der Waals surface area contributed by atoms with E-state index >= 15 is 0 Å². The number of hydrogen-bond acceptors (Lipinski definition) is 7. The van der Waals surface area contributed by atoms with Crippen molar-refractivity contribution in [2.45, 2.75) is 17.8 Å². The zero-order valence-electron chi connectivity index (χ0n) is 15.2. The highest BCUT2D eigenvalue weighted by Crippen LogP contribution is 2.28. The zero-order chi connectivity index (χ0) is 18.8. The van der Waals surface area contributed by atoms with Gasteiger partial charge in [0.05, 0.1) is 24.6 Å². The maximum atomic E-state index is 5.60. The van der Waals surface area contributed by atoms with Gasteiger partial charge in [0.25, 0.3) is 0 Å². The second-order valence-corrected chi connectivity index (χ2v) is 6.86. The first-order chi connectivity index (χ1) is 13.2. The topological polar surface area (TPSA) is 79.1 Å². The number of benzene rings is 1. The van der Waals surface area contributed by atoms with Gasteiger partial charge >= 0.3 is 0 Å². The molecule has 0 unspecified atom stereocenters. The summed E-state index contributed by atoms with van der Waals surface area (Å²) in [6, 6.07) is 9.50. The summed E-state index contributed by atoms with van der Waals surface area (Å²) in [5.41, 5.74) is 2.69. The van der Waals surface area contributed by atoms with Crippen molar-refractivity contribution in [3.05, 3.63) is 54.3 Å². The van der Waals surface area contributed by atoms with Crippen molar-refractivity contribution in [1.29, 1.82) is 0 Å². The molecule has 4 aromatic rings. The maximum absolute atomic E-state index is 5.60. The second kappa shape index (κ2) is 7.32. The van der Waals surface area contributed by atoms with Crippen LogP contribution in [0.15, 0.2) is 56.8 Å². The van der Waals surface area contributed by atoms with Gasteiger partial charge in [0.1, 0.15) is 17.8 Å². The zero-order valence-corrected chi connectivity index (χ0v) is 16.0. The van der Waals surface area contributed by atoms with Crippen LogP contribution in [-0.4, -0.2) is 26.9 Å². The quantitative estimate of drug-likeness (QED) is 0.459. The van der Waals surface area contributed by atoms with Crippen molar-refractivity contribution < 1.29 is 13.6 Å². The van der Waals surface area contributed by atoms with Crippen LogP contribution in [0.1, 0.15) is 11.5 Å². The lowest BCUT2D eigenvalue weighted by Crippen LogP contribution is -1.95. The third-order valence-electron chi connectivity index (χ3n) is 4.17. The largest absolute Gasteiger partial charge is 0.497 e. The first-order valence-corrected chi connectivity index (χ1v) is 9.29. The van der Waals surface area contributed by atoms with Gasteiger partial charge in [-0.1, -0.05) is 11.8 Å². The van der Waals surface area contributed by atoms with Crippen LogP contribution in [0.3, 0.4) is 0 Å². The van der Waals surface area contributed by atoms with Gasteiger partial charge < -0.3 is 18.1 Å². The molecule has 7 nitrogen and oxygen atoms in total. The smallest absolute Gasteiger partial charge is 0.226 e. The molecule has 138 valence electrons. The Kier molecular flexibility index (Phi) is 4.72. The Hall–Kier alpha value is -3.00. The van der Waals surface area contributed by atoms with Crippen molar-refractivity contribution in [3.8, 4) is 28.6 Å². The molecule has 0 N–H and O–H groups in total. The molecule has 3 aromatic heterocycles. The molecular formula is C19H18N4O3S. The molecule has 0 saturated heterocycles. The Balaban J connectivity index is 1.46. The highest BCUT2D eigenvalue weighted by molar-refractivity contribution is 7.98. The van der Waals surface area contributed by atoms with E-state index in [1.165, 1.54) is 0 Å². The van der Waals surface area contributed by atoms with Gasteiger partial charge in [-0.25, -0.2) is 4.98 Å². The van der Waals surface area contributed by atoms with Crippen LogP contribution in [0, 0.1) is 6.92 Å². The van der Waals surface area contributed by atoms with E-state index in [9.17, 15) is 0 Å². The fraction of sp³-hybridized carbons (Fsp3) is 0.211. The van der Waals surface area contributed by atoms with E-state index in [2.05, 4.69) is 15.2 Å². The molecule has 8 heteroatoms. The summed E-state index contributed by atoms with van der Waals surface area (Å²) in [4.78, 5) is 4.55. The Bertz CT molecular complexity index is 1050. The number of thioether (sulfide) groups is 1. The van der Waals surface area contributed by atoms with Crippen molar-refractivity contribution in [2.75, 3.05) is 7.11 Å². The second-order valence-electron chi connectivity index (χ2n) is 5.92. The standard InChI is InChI=1S/C19H18N4O3S/c1-12-16(8-9-25-12)17-21-22-19(23(17)2)27-11-14-10-26-18(20-14)13-4-6-15(24-3)7-5-13/h4-10H,11H2,1-3H3. The average molecular weight is 382 g/mol. The molecular weight excluding hydrogens is 364 g/mol. The molecule has 0 aliphatic rings. The number of methoxy groups -OCH3 is 1. The highest BCUT2D eigenvalue weighted by Gasteiger charge is 2.15. The minimum absolute atomic E-state index is 0.584. The molecule has 0 amide bonds. The molecule has 0 fully saturated rings. The van der Waals surface area contributed by atoms with Crippen molar-refractivity contribution in [1.82, 2.24) is 19.7 Å². The van der Waals surface area contributed by atoms with Crippen LogP contribution in [0.4, 0.5) is 0 Å². The molecule has 0 saturated carbocycles. The number of hydrogen-bond donors (Lipinski definition) is 0. The van der Waals surface area contributed by atoms with E-state index in [1.54, 1.807) is 31.4 Å². The molecule has 0 radical (unpaired) electrons. The summed E-state index contributed by atoms with van der Waals surface area (Å²) in [6.07, 6.45) is 3.33. The summed E-state index contributed by atoms with van der Waals surface area (Å²) in [7, 11) is 3.58. The minimum atomic E-state index is 0.584. The van der Waals surface area contributed by atoms with Gasteiger partial charge in [0, 0.05) is 18.4 Å². The molecule has 27 heavy (non-hydrogen) atoms. The monoisotopic (exact) mass is 382 g/mol. The summed E-state index contributed by atoms with van der Waals surface area (Å²) < 4.78 is 18.1. The van der Waals surface area contributed by atoms with Gasteiger partial charge in [-0.15, -0.1) is 10.2 Å². The first-order valence-electron chi connectivity index (χ1n) is 8.31. The van der Waals surface area contributed by atoms with Crippen molar-refractivity contribution in [3.63, 3.8) is 0 Å². The lowest BCUT2D eigenvalue weighted by molar-refractivity contribution is 0.415. The van der Waals surface area contributed by atoms with E-state index in [-0.39, 0.29) is 0 Å². The van der Waals surface area contributed by atoms with Crippen LogP contribution >= 0.6 is 11.8 Å². The van der Waals surface area contributed by atoms with Crippen molar-refractivity contribution >= 4 is 11.8 Å². The van der Waals surface area contributed by atoms with Crippen LogP contribution in [0.2, 0.25) is 0 Å². The number of aryl methyl sites for hydroxylation is 1. The third kappa shape index (κ3) is 3.48. The van der Waals surface area contributed by atoms with E-state index in [4.69, 9.17) is 13.6 Å². The minimum Gasteiger partial charge on any atom is -0.497 e. The molecule has 0 aliphatic carbocycles. The third-order valence-corrected chi connectivity index (χ3v) is 5.23. The Morgan fingerprint density at radius 3 is 2.63 bits per heavy atom. The van der Waals surface area contributed by atoms with E-state index in [0.29, 0.717) is 11.6 Å². The SMILES string of the molecule is COc1ccc(-c2nc(CSc3nnc(-c4ccoc4C)n3C)co2)cc1. The Labute approximate surface area is 160 Å². The number of ether oxygens (including phenoxy) is 1. The molecule has 4 rings (SSSR count). The Morgan fingerprint density at radius 1 is 1.11 bits per heavy atom. The first kappa shape index (κ1) is 17.4. The van der Waals surface area contributed by atoms with Crippen LogP contribution in [-0.2, 0) is 12.8 Å². The van der Waals surface area contributed by atoms with Gasteiger partial charge in [0.15, 0.2) is 11.0 Å². The summed E-state index contributed by atoms with van der Waals surface area (Å²) in [6.45, 7) is 1.91. The van der Waals surface area contributed by atoms with Gasteiger partial charge in [-0.05, 0) is 37.3 Å². The summed E-state index contributed by atoms with van der Waals surface area (Å²) >= 11 is 1.55. The lowest BCUT2D eigenvalue weighted by atomic mass is 10.2. The number of oxazole rings is 1. The fourth-order valence-corrected chi connectivity index (χ4v) is 3.46. The number of furan rings is 1. The van der Waals surface area contributed by atoms with E-state index < -0.39 is 0 Å². The molecule has 0 bridgehead atoms. The molecule has 0 aliphatic heterocycles. The molecule has 3 heterocycles. The van der Waals surface area contributed by atoms with Gasteiger partial charge in [-0.3, -0.25) is 0 Å². The number of rotatable bonds is 6. The fourth-order valence-electron chi connectivity index (χ4n) is 2.67. The summed E-state index contributed by atoms with van der Waals surface area (Å²) in [5.74, 6) is 3.62. The average Bonchev–Trinajstić information content (AvgIpc) is 3.41. The molecule has 1 aromatic carbocycles. The maximum Gasteiger partial charge on any atom is 0.226 e. The van der Waals surface area contributed by atoms with Crippen LogP contribution in [0.25, 0.3) is 22.8 Å². The highest BCUT2D eigenvalue weighted by atomic mass is 32.2. The van der Waals surface area contributed by atoms with Crippen molar-refractivity contribution in [2.24, 2.45) is 7.05 Å². The number of nitrogens with zero attached hydrogens (tertiary/aromatic N) is 4.